The van der Waals surface area contributed by atoms with Crippen molar-refractivity contribution in [3.63, 3.8) is 0 Å². The van der Waals surface area contributed by atoms with Gasteiger partial charge >= 0.3 is 0 Å². The molecule has 0 bridgehead atoms. The maximum Gasteiger partial charge on any atom is 0.269 e. The Morgan fingerprint density at radius 2 is 2.00 bits per heavy atom. The highest BCUT2D eigenvalue weighted by Gasteiger charge is 2.15. The molecular formula is C14H13BrN2O2. The molecule has 1 unspecified atom stereocenters. The van der Waals surface area contributed by atoms with Crippen molar-refractivity contribution in [2.45, 2.75) is 13.0 Å². The van der Waals surface area contributed by atoms with Crippen LogP contribution in [0.4, 0.5) is 5.69 Å². The number of nitro groups is 1. The standard InChI is InChI=1S/C14H13BrN2O2/c1-9-5-6-12(17(18)19)8-13(9)14(16)10-3-2-4-11(15)7-10/h2-8,14H,16H2,1H3. The molecule has 5 heteroatoms. The van der Waals surface area contributed by atoms with E-state index in [9.17, 15) is 10.1 Å². The minimum absolute atomic E-state index is 0.0612. The van der Waals surface area contributed by atoms with Gasteiger partial charge in [-0.1, -0.05) is 34.1 Å². The highest BCUT2D eigenvalue weighted by atomic mass is 79.9. The fourth-order valence-electron chi connectivity index (χ4n) is 1.96. The summed E-state index contributed by atoms with van der Waals surface area (Å²) in [6.45, 7) is 1.90. The Morgan fingerprint density at radius 3 is 2.63 bits per heavy atom. The summed E-state index contributed by atoms with van der Waals surface area (Å²) < 4.78 is 0.934. The molecule has 2 aromatic carbocycles. The summed E-state index contributed by atoms with van der Waals surface area (Å²) in [6, 6.07) is 12.0. The van der Waals surface area contributed by atoms with Crippen molar-refractivity contribution in [2.75, 3.05) is 0 Å². The number of halogens is 1. The Morgan fingerprint density at radius 1 is 1.26 bits per heavy atom. The van der Waals surface area contributed by atoms with E-state index in [-0.39, 0.29) is 11.7 Å². The van der Waals surface area contributed by atoms with E-state index < -0.39 is 4.92 Å². The maximum absolute atomic E-state index is 10.8. The molecule has 98 valence electrons. The molecule has 19 heavy (non-hydrogen) atoms. The molecule has 0 radical (unpaired) electrons. The highest BCUT2D eigenvalue weighted by Crippen LogP contribution is 2.27. The number of rotatable bonds is 3. The summed E-state index contributed by atoms with van der Waals surface area (Å²) in [7, 11) is 0. The largest absolute Gasteiger partial charge is 0.320 e. The Balaban J connectivity index is 2.46. The van der Waals surface area contributed by atoms with Crippen LogP contribution in [-0.4, -0.2) is 4.92 Å². The van der Waals surface area contributed by atoms with Crippen LogP contribution in [0, 0.1) is 17.0 Å². The minimum Gasteiger partial charge on any atom is -0.320 e. The van der Waals surface area contributed by atoms with E-state index >= 15 is 0 Å². The number of hydrogen-bond acceptors (Lipinski definition) is 3. The zero-order valence-corrected chi connectivity index (χ0v) is 11.9. The number of benzene rings is 2. The minimum atomic E-state index is -0.406. The molecule has 1 atom stereocenters. The average molecular weight is 321 g/mol. The lowest BCUT2D eigenvalue weighted by atomic mass is 9.95. The van der Waals surface area contributed by atoms with Gasteiger partial charge in [-0.25, -0.2) is 0 Å². The van der Waals surface area contributed by atoms with Crippen LogP contribution in [0.2, 0.25) is 0 Å². The Labute approximate surface area is 119 Å². The molecule has 4 nitrogen and oxygen atoms in total. The Kier molecular flexibility index (Phi) is 3.97. The van der Waals surface area contributed by atoms with Crippen LogP contribution in [0.15, 0.2) is 46.9 Å². The van der Waals surface area contributed by atoms with Gasteiger partial charge in [-0.2, -0.15) is 0 Å². The van der Waals surface area contributed by atoms with Crippen LogP contribution in [0.3, 0.4) is 0 Å². The number of hydrogen-bond donors (Lipinski definition) is 1. The third-order valence-electron chi connectivity index (χ3n) is 3.02. The molecule has 0 heterocycles. The van der Waals surface area contributed by atoms with Gasteiger partial charge in [0.15, 0.2) is 0 Å². The van der Waals surface area contributed by atoms with Crippen LogP contribution in [0.25, 0.3) is 0 Å². The molecule has 2 rings (SSSR count). The lowest BCUT2D eigenvalue weighted by Crippen LogP contribution is -2.13. The molecule has 0 fully saturated rings. The van der Waals surface area contributed by atoms with Gasteiger partial charge < -0.3 is 5.73 Å². The van der Waals surface area contributed by atoms with Gasteiger partial charge in [0.2, 0.25) is 0 Å². The first-order chi connectivity index (χ1) is 8.99. The molecule has 0 aliphatic rings. The fourth-order valence-corrected chi connectivity index (χ4v) is 2.37. The number of nitro benzene ring substituents is 1. The first kappa shape index (κ1) is 13.7. The number of aryl methyl sites for hydroxylation is 1. The normalized spacial score (nSPS) is 12.2. The predicted molar refractivity (Wildman–Crippen MR) is 78.0 cm³/mol. The maximum atomic E-state index is 10.8. The second-order valence-corrected chi connectivity index (χ2v) is 5.25. The van der Waals surface area contributed by atoms with Gasteiger partial charge in [-0.15, -0.1) is 0 Å². The lowest BCUT2D eigenvalue weighted by molar-refractivity contribution is -0.384. The quantitative estimate of drug-likeness (QED) is 0.692. The van der Waals surface area contributed by atoms with Crippen LogP contribution in [-0.2, 0) is 0 Å². The van der Waals surface area contributed by atoms with Gasteiger partial charge in [0.05, 0.1) is 11.0 Å². The molecule has 0 aromatic heterocycles. The monoisotopic (exact) mass is 320 g/mol. The molecule has 2 aromatic rings. The van der Waals surface area contributed by atoms with E-state index in [4.69, 9.17) is 5.73 Å². The first-order valence-electron chi connectivity index (χ1n) is 5.75. The van der Waals surface area contributed by atoms with Crippen molar-refractivity contribution in [3.05, 3.63) is 73.7 Å². The third kappa shape index (κ3) is 3.00. The van der Waals surface area contributed by atoms with Crippen LogP contribution in [0.1, 0.15) is 22.7 Å². The van der Waals surface area contributed by atoms with E-state index in [0.717, 1.165) is 21.2 Å². The summed E-state index contributed by atoms with van der Waals surface area (Å²) in [5.41, 5.74) is 8.90. The van der Waals surface area contributed by atoms with Gasteiger partial charge in [0.1, 0.15) is 0 Å². The third-order valence-corrected chi connectivity index (χ3v) is 3.51. The van der Waals surface area contributed by atoms with Crippen molar-refractivity contribution in [1.29, 1.82) is 0 Å². The first-order valence-corrected chi connectivity index (χ1v) is 6.54. The second kappa shape index (κ2) is 5.50. The molecule has 0 aliphatic carbocycles. The van der Waals surface area contributed by atoms with Gasteiger partial charge in [0.25, 0.3) is 5.69 Å². The fraction of sp³-hybridized carbons (Fsp3) is 0.143. The van der Waals surface area contributed by atoms with Crippen molar-refractivity contribution in [2.24, 2.45) is 5.73 Å². The number of nitrogens with zero attached hydrogens (tertiary/aromatic N) is 1. The van der Waals surface area contributed by atoms with Crippen LogP contribution < -0.4 is 5.73 Å². The lowest BCUT2D eigenvalue weighted by Gasteiger charge is -2.15. The topological polar surface area (TPSA) is 69.2 Å². The zero-order valence-electron chi connectivity index (χ0n) is 10.3. The smallest absolute Gasteiger partial charge is 0.269 e. The predicted octanol–water partition coefficient (Wildman–Crippen LogP) is 3.71. The summed E-state index contributed by atoms with van der Waals surface area (Å²) >= 11 is 3.40. The molecule has 0 aliphatic heterocycles. The van der Waals surface area contributed by atoms with Crippen molar-refractivity contribution in [1.82, 2.24) is 0 Å². The summed E-state index contributed by atoms with van der Waals surface area (Å²) in [5, 5.41) is 10.8. The van der Waals surface area contributed by atoms with E-state index in [2.05, 4.69) is 15.9 Å². The Bertz CT molecular complexity index is 629. The van der Waals surface area contributed by atoms with Crippen LogP contribution in [0.5, 0.6) is 0 Å². The summed E-state index contributed by atoms with van der Waals surface area (Å²) in [4.78, 5) is 10.4. The van der Waals surface area contributed by atoms with E-state index in [1.54, 1.807) is 12.1 Å². The number of non-ortho nitro benzene ring substituents is 1. The average Bonchev–Trinajstić information content (AvgIpc) is 2.38. The summed E-state index contributed by atoms with van der Waals surface area (Å²) in [6.07, 6.45) is 0. The van der Waals surface area contributed by atoms with Crippen LogP contribution >= 0.6 is 15.9 Å². The van der Waals surface area contributed by atoms with Crippen molar-refractivity contribution in [3.8, 4) is 0 Å². The molecular weight excluding hydrogens is 308 g/mol. The van der Waals surface area contributed by atoms with E-state index in [1.165, 1.54) is 6.07 Å². The second-order valence-electron chi connectivity index (χ2n) is 4.33. The molecule has 0 saturated carbocycles. The van der Waals surface area contributed by atoms with Crippen molar-refractivity contribution >= 4 is 21.6 Å². The van der Waals surface area contributed by atoms with Gasteiger partial charge in [-0.05, 0) is 35.7 Å². The molecule has 2 N–H and O–H groups in total. The highest BCUT2D eigenvalue weighted by molar-refractivity contribution is 9.10. The number of nitrogens with two attached hydrogens (primary N) is 1. The van der Waals surface area contributed by atoms with Crippen molar-refractivity contribution < 1.29 is 4.92 Å². The SMILES string of the molecule is Cc1ccc([N+](=O)[O-])cc1C(N)c1cccc(Br)c1. The van der Waals surface area contributed by atoms with Gasteiger partial charge in [-0.3, -0.25) is 10.1 Å². The molecule has 0 spiro atoms. The van der Waals surface area contributed by atoms with E-state index in [0.29, 0.717) is 0 Å². The summed E-state index contributed by atoms with van der Waals surface area (Å²) in [5.74, 6) is 0. The molecule has 0 amide bonds. The van der Waals surface area contributed by atoms with E-state index in [1.807, 2.05) is 31.2 Å². The van der Waals surface area contributed by atoms with Gasteiger partial charge in [0, 0.05) is 16.6 Å². The zero-order chi connectivity index (χ0) is 14.0. The molecule has 0 saturated heterocycles. The Hall–Kier alpha value is -1.72.